The molecule has 36 valence electrons. The van der Waals surface area contributed by atoms with E-state index in [1.807, 2.05) is 0 Å². The largest absolute Gasteiger partial charge is 0.412 e. The second-order valence-corrected chi connectivity index (χ2v) is 1.01. The Morgan fingerprint density at radius 3 is 2.33 bits per heavy atom. The smallest absolute Gasteiger partial charge is 0.151 e. The van der Waals surface area contributed by atoms with Crippen molar-refractivity contribution in [2.45, 2.75) is 6.10 Å². The number of rotatable bonds is 1. The molecule has 0 radical (unpaired) electrons. The first-order valence-electron chi connectivity index (χ1n) is 1.50. The maximum Gasteiger partial charge on any atom is 0.151 e. The Morgan fingerprint density at radius 2 is 2.33 bits per heavy atom. The van der Waals surface area contributed by atoms with Gasteiger partial charge < -0.3 is 15.0 Å². The first-order chi connectivity index (χ1) is 2.43. The van der Waals surface area contributed by atoms with Crippen molar-refractivity contribution in [1.29, 1.82) is 0 Å². The zero-order valence-electron chi connectivity index (χ0n) is 3.18. The molecular formula is C3H6O3. The number of carbonyl (C=O) groups is 1. The molecule has 0 amide bonds. The Hall–Kier alpha value is -0.410. The van der Waals surface area contributed by atoms with E-state index < -0.39 is 0 Å². The van der Waals surface area contributed by atoms with E-state index in [0.717, 1.165) is 6.29 Å². The van der Waals surface area contributed by atoms with Crippen LogP contribution in [0.25, 0.3) is 0 Å². The normalized spacial score (nSPS) is 27.7. The molecular weight excluding hydrogens is 84.0 g/mol. The second kappa shape index (κ2) is 1.89. The summed E-state index contributed by atoms with van der Waals surface area (Å²) in [5.74, 6) is 0. The van der Waals surface area contributed by atoms with Crippen LogP contribution in [0.5, 0.6) is 0 Å². The van der Waals surface area contributed by atoms with E-state index in [0.29, 0.717) is 6.61 Å². The van der Waals surface area contributed by atoms with Crippen molar-refractivity contribution < 1.29 is 15.0 Å². The number of ether oxygens (including phenoxy) is 1. The van der Waals surface area contributed by atoms with Crippen LogP contribution in [0, 0.1) is 0 Å². The Labute approximate surface area is 35.2 Å². The predicted octanol–water partition coefficient (Wildman–Crippen LogP) is -1.24. The minimum atomic E-state index is -0.0463. The van der Waals surface area contributed by atoms with Gasteiger partial charge in [-0.2, -0.15) is 0 Å². The Bertz CT molecular complexity index is 48.0. The molecule has 1 saturated heterocycles. The SMILES string of the molecule is O.O=CC1CO1. The zero-order valence-corrected chi connectivity index (χ0v) is 3.18. The van der Waals surface area contributed by atoms with E-state index in [2.05, 4.69) is 4.74 Å². The highest BCUT2D eigenvalue weighted by Gasteiger charge is 2.19. The number of hydrogen-bond acceptors (Lipinski definition) is 2. The molecule has 0 aromatic heterocycles. The molecule has 1 fully saturated rings. The molecule has 0 bridgehead atoms. The Balaban J connectivity index is 0.000000250. The van der Waals surface area contributed by atoms with Gasteiger partial charge in [0.2, 0.25) is 0 Å². The van der Waals surface area contributed by atoms with E-state index >= 15 is 0 Å². The fourth-order valence-electron chi connectivity index (χ4n) is 0.134. The van der Waals surface area contributed by atoms with E-state index in [1.54, 1.807) is 0 Å². The van der Waals surface area contributed by atoms with E-state index in [1.165, 1.54) is 0 Å². The monoisotopic (exact) mass is 90.0 g/mol. The lowest BCUT2D eigenvalue weighted by Gasteiger charge is -1.53. The molecule has 3 nitrogen and oxygen atoms in total. The lowest BCUT2D eigenvalue weighted by Crippen LogP contribution is -1.79. The molecule has 3 heteroatoms. The van der Waals surface area contributed by atoms with Crippen LogP contribution in [0.3, 0.4) is 0 Å². The van der Waals surface area contributed by atoms with Crippen LogP contribution in [0.15, 0.2) is 0 Å². The van der Waals surface area contributed by atoms with Crippen LogP contribution in [-0.4, -0.2) is 24.5 Å². The van der Waals surface area contributed by atoms with Gasteiger partial charge in [0.05, 0.1) is 6.61 Å². The number of epoxide rings is 1. The van der Waals surface area contributed by atoms with Crippen molar-refractivity contribution in [3.05, 3.63) is 0 Å². The summed E-state index contributed by atoms with van der Waals surface area (Å²) >= 11 is 0. The summed E-state index contributed by atoms with van der Waals surface area (Å²) in [6, 6.07) is 0. The van der Waals surface area contributed by atoms with Crippen LogP contribution in [-0.2, 0) is 9.53 Å². The number of hydrogen-bond donors (Lipinski definition) is 0. The van der Waals surface area contributed by atoms with Crippen LogP contribution < -0.4 is 0 Å². The third kappa shape index (κ3) is 1.14. The summed E-state index contributed by atoms with van der Waals surface area (Å²) in [6.45, 7) is 0.642. The topological polar surface area (TPSA) is 61.1 Å². The van der Waals surface area contributed by atoms with Gasteiger partial charge in [-0.05, 0) is 0 Å². The molecule has 1 aliphatic heterocycles. The third-order valence-corrected chi connectivity index (χ3v) is 0.511. The molecule has 0 aromatic carbocycles. The van der Waals surface area contributed by atoms with Crippen molar-refractivity contribution in [1.82, 2.24) is 0 Å². The van der Waals surface area contributed by atoms with E-state index in [4.69, 9.17) is 0 Å². The molecule has 6 heavy (non-hydrogen) atoms. The van der Waals surface area contributed by atoms with Gasteiger partial charge in [-0.1, -0.05) is 0 Å². The Kier molecular flexibility index (Phi) is 1.76. The van der Waals surface area contributed by atoms with Crippen molar-refractivity contribution in [3.63, 3.8) is 0 Å². The highest BCUT2D eigenvalue weighted by Crippen LogP contribution is 2.02. The highest BCUT2D eigenvalue weighted by atomic mass is 16.6. The van der Waals surface area contributed by atoms with Crippen LogP contribution >= 0.6 is 0 Å². The molecule has 1 unspecified atom stereocenters. The van der Waals surface area contributed by atoms with Crippen molar-refractivity contribution in [3.8, 4) is 0 Å². The van der Waals surface area contributed by atoms with Gasteiger partial charge in [-0.25, -0.2) is 0 Å². The highest BCUT2D eigenvalue weighted by molar-refractivity contribution is 5.58. The number of carbonyl (C=O) groups excluding carboxylic acids is 1. The lowest BCUT2D eigenvalue weighted by molar-refractivity contribution is -0.108. The molecule has 0 aliphatic carbocycles. The zero-order chi connectivity index (χ0) is 3.70. The molecule has 1 atom stereocenters. The first kappa shape index (κ1) is 5.59. The predicted molar refractivity (Wildman–Crippen MR) is 19.4 cm³/mol. The summed E-state index contributed by atoms with van der Waals surface area (Å²) in [7, 11) is 0. The average Bonchev–Trinajstić information content (AvgIpc) is 2.12. The molecule has 2 N–H and O–H groups in total. The van der Waals surface area contributed by atoms with Crippen molar-refractivity contribution in [2.75, 3.05) is 6.61 Å². The molecule has 0 saturated carbocycles. The van der Waals surface area contributed by atoms with Crippen LogP contribution in [0.4, 0.5) is 0 Å². The van der Waals surface area contributed by atoms with Crippen molar-refractivity contribution >= 4 is 6.29 Å². The summed E-state index contributed by atoms with van der Waals surface area (Å²) in [4.78, 5) is 9.44. The van der Waals surface area contributed by atoms with E-state index in [9.17, 15) is 4.79 Å². The lowest BCUT2D eigenvalue weighted by atomic mass is 10.6. The number of aldehydes is 1. The van der Waals surface area contributed by atoms with Gasteiger partial charge >= 0.3 is 0 Å². The molecule has 0 aromatic rings. The van der Waals surface area contributed by atoms with Crippen molar-refractivity contribution in [2.24, 2.45) is 0 Å². The maximum absolute atomic E-state index is 9.44. The molecule has 1 heterocycles. The standard InChI is InChI=1S/C3H4O2.H2O/c4-1-3-2-5-3;/h1,3H,2H2;1H2. The Morgan fingerprint density at radius 1 is 1.83 bits per heavy atom. The summed E-state index contributed by atoms with van der Waals surface area (Å²) in [5, 5.41) is 0. The van der Waals surface area contributed by atoms with Crippen LogP contribution in [0.2, 0.25) is 0 Å². The van der Waals surface area contributed by atoms with Gasteiger partial charge in [0.15, 0.2) is 6.29 Å². The van der Waals surface area contributed by atoms with Crippen LogP contribution in [0.1, 0.15) is 0 Å². The van der Waals surface area contributed by atoms with Gasteiger partial charge in [0.1, 0.15) is 6.10 Å². The molecule has 1 rings (SSSR count). The average molecular weight is 90.1 g/mol. The molecule has 1 aliphatic rings. The minimum absolute atomic E-state index is 0. The van der Waals surface area contributed by atoms with E-state index in [-0.39, 0.29) is 11.6 Å². The fraction of sp³-hybridized carbons (Fsp3) is 0.667. The molecule has 0 spiro atoms. The summed E-state index contributed by atoms with van der Waals surface area (Å²) < 4.78 is 4.49. The summed E-state index contributed by atoms with van der Waals surface area (Å²) in [5.41, 5.74) is 0. The van der Waals surface area contributed by atoms with Gasteiger partial charge in [-0.3, -0.25) is 0 Å². The third-order valence-electron chi connectivity index (χ3n) is 0.511. The van der Waals surface area contributed by atoms with Gasteiger partial charge in [0.25, 0.3) is 0 Å². The maximum atomic E-state index is 9.44. The summed E-state index contributed by atoms with van der Waals surface area (Å²) in [6.07, 6.45) is 0.759. The fourth-order valence-corrected chi connectivity index (χ4v) is 0.134. The van der Waals surface area contributed by atoms with Gasteiger partial charge in [0, 0.05) is 0 Å². The first-order valence-corrected chi connectivity index (χ1v) is 1.50. The minimum Gasteiger partial charge on any atom is -0.412 e. The van der Waals surface area contributed by atoms with Gasteiger partial charge in [-0.15, -0.1) is 0 Å². The second-order valence-electron chi connectivity index (χ2n) is 1.01. The quantitative estimate of drug-likeness (QED) is 0.298.